The zero-order chi connectivity index (χ0) is 14.5. The van der Waals surface area contributed by atoms with Crippen molar-refractivity contribution in [2.45, 2.75) is 36.9 Å². The Bertz CT molecular complexity index is 635. The summed E-state index contributed by atoms with van der Waals surface area (Å²) in [6, 6.07) is 3.34. The first-order valence-corrected chi connectivity index (χ1v) is 8.82. The average molecular weight is 361 g/mol. The number of hydrogen-bond acceptors (Lipinski definition) is 4. The lowest BCUT2D eigenvalue weighted by molar-refractivity contribution is -0.0114. The van der Waals surface area contributed by atoms with Crippen molar-refractivity contribution in [2.24, 2.45) is 0 Å². The first-order valence-electron chi connectivity index (χ1n) is 6.59. The molecule has 5 nitrogen and oxygen atoms in total. The zero-order valence-corrected chi connectivity index (χ0v) is 13.6. The minimum atomic E-state index is -3.52. The SMILES string of the molecule is Cc1c(N)cc(Br)cc1S(=O)(=O)N1CC2CCC(C1)O2. The molecule has 0 aliphatic carbocycles. The average Bonchev–Trinajstić information content (AvgIpc) is 2.72. The molecule has 2 aliphatic heterocycles. The van der Waals surface area contributed by atoms with E-state index in [0.717, 1.165) is 12.8 Å². The summed E-state index contributed by atoms with van der Waals surface area (Å²) in [4.78, 5) is 0.283. The van der Waals surface area contributed by atoms with Crippen molar-refractivity contribution < 1.29 is 13.2 Å². The van der Waals surface area contributed by atoms with Crippen molar-refractivity contribution in [1.29, 1.82) is 0 Å². The molecule has 7 heteroatoms. The van der Waals surface area contributed by atoms with Crippen LogP contribution in [0.5, 0.6) is 0 Å². The van der Waals surface area contributed by atoms with Gasteiger partial charge in [-0.3, -0.25) is 0 Å². The van der Waals surface area contributed by atoms with Gasteiger partial charge in [-0.1, -0.05) is 15.9 Å². The summed E-state index contributed by atoms with van der Waals surface area (Å²) < 4.78 is 33.6. The van der Waals surface area contributed by atoms with E-state index in [4.69, 9.17) is 10.5 Å². The molecule has 2 heterocycles. The van der Waals surface area contributed by atoms with Crippen molar-refractivity contribution in [1.82, 2.24) is 4.31 Å². The Morgan fingerprint density at radius 2 is 1.90 bits per heavy atom. The van der Waals surface area contributed by atoms with Gasteiger partial charge in [0.1, 0.15) is 0 Å². The maximum atomic E-state index is 12.8. The van der Waals surface area contributed by atoms with Crippen molar-refractivity contribution >= 4 is 31.6 Å². The van der Waals surface area contributed by atoms with Gasteiger partial charge < -0.3 is 10.5 Å². The molecule has 2 N–H and O–H groups in total. The smallest absolute Gasteiger partial charge is 0.243 e. The number of nitrogen functional groups attached to an aromatic ring is 1. The van der Waals surface area contributed by atoms with Gasteiger partial charge >= 0.3 is 0 Å². The lowest BCUT2D eigenvalue weighted by Gasteiger charge is -2.31. The molecule has 110 valence electrons. The summed E-state index contributed by atoms with van der Waals surface area (Å²) in [6.07, 6.45) is 1.95. The Hall–Kier alpha value is -0.630. The van der Waals surface area contributed by atoms with Gasteiger partial charge in [-0.25, -0.2) is 8.42 Å². The number of sulfonamides is 1. The largest absolute Gasteiger partial charge is 0.398 e. The van der Waals surface area contributed by atoms with Crippen LogP contribution < -0.4 is 5.73 Å². The van der Waals surface area contributed by atoms with Crippen LogP contribution in [0.3, 0.4) is 0 Å². The quantitative estimate of drug-likeness (QED) is 0.817. The molecule has 3 rings (SSSR count). The third-order valence-electron chi connectivity index (χ3n) is 3.99. The molecular weight excluding hydrogens is 344 g/mol. The Morgan fingerprint density at radius 1 is 1.30 bits per heavy atom. The molecule has 2 atom stereocenters. The number of halogens is 1. The number of anilines is 1. The van der Waals surface area contributed by atoms with Crippen LogP contribution in [0.2, 0.25) is 0 Å². The highest BCUT2D eigenvalue weighted by molar-refractivity contribution is 9.10. The molecule has 2 fully saturated rings. The summed E-state index contributed by atoms with van der Waals surface area (Å²) in [5, 5.41) is 0. The lowest BCUT2D eigenvalue weighted by atomic mass is 10.2. The molecule has 1 aromatic rings. The molecule has 2 aliphatic rings. The second kappa shape index (κ2) is 4.98. The van der Waals surface area contributed by atoms with Crippen LogP contribution in [-0.2, 0) is 14.8 Å². The maximum absolute atomic E-state index is 12.8. The summed E-state index contributed by atoms with van der Waals surface area (Å²) in [6.45, 7) is 2.61. The first kappa shape index (κ1) is 14.3. The molecule has 2 unspecified atom stereocenters. The van der Waals surface area contributed by atoms with E-state index in [-0.39, 0.29) is 17.1 Å². The fourth-order valence-corrected chi connectivity index (χ4v) is 5.27. The molecule has 2 bridgehead atoms. The predicted molar refractivity (Wildman–Crippen MR) is 79.9 cm³/mol. The maximum Gasteiger partial charge on any atom is 0.243 e. The van der Waals surface area contributed by atoms with Gasteiger partial charge in [0.15, 0.2) is 0 Å². The van der Waals surface area contributed by atoms with Crippen molar-refractivity contribution in [3.05, 3.63) is 22.2 Å². The monoisotopic (exact) mass is 360 g/mol. The van der Waals surface area contributed by atoms with Crippen LogP contribution in [-0.4, -0.2) is 38.0 Å². The number of nitrogens with zero attached hydrogens (tertiary/aromatic N) is 1. The number of morpholine rings is 1. The van der Waals surface area contributed by atoms with Gasteiger partial charge in [-0.05, 0) is 37.5 Å². The number of nitrogens with two attached hydrogens (primary N) is 1. The number of fused-ring (bicyclic) bond motifs is 2. The van der Waals surface area contributed by atoms with E-state index >= 15 is 0 Å². The Morgan fingerprint density at radius 3 is 2.50 bits per heavy atom. The normalized spacial score (nSPS) is 26.9. The molecule has 1 aromatic carbocycles. The van der Waals surface area contributed by atoms with Gasteiger partial charge in [0.2, 0.25) is 10.0 Å². The summed E-state index contributed by atoms with van der Waals surface area (Å²) in [5.41, 5.74) is 6.96. The molecule has 2 saturated heterocycles. The molecule has 0 radical (unpaired) electrons. The van der Waals surface area contributed by atoms with E-state index < -0.39 is 10.0 Å². The van der Waals surface area contributed by atoms with E-state index in [2.05, 4.69) is 15.9 Å². The first-order chi connectivity index (χ1) is 9.38. The highest BCUT2D eigenvalue weighted by atomic mass is 79.9. The molecular formula is C13H17BrN2O3S. The molecule has 0 spiro atoms. The summed E-state index contributed by atoms with van der Waals surface area (Å²) in [5.74, 6) is 0. The van der Waals surface area contributed by atoms with E-state index in [1.165, 1.54) is 4.31 Å². The fraction of sp³-hybridized carbons (Fsp3) is 0.538. The molecule has 0 aromatic heterocycles. The van der Waals surface area contributed by atoms with Crippen LogP contribution in [0.4, 0.5) is 5.69 Å². The van der Waals surface area contributed by atoms with Crippen molar-refractivity contribution in [3.8, 4) is 0 Å². The van der Waals surface area contributed by atoms with E-state index in [9.17, 15) is 8.42 Å². The predicted octanol–water partition coefficient (Wildman–Crippen LogP) is 1.89. The number of benzene rings is 1. The molecule has 0 saturated carbocycles. The summed E-state index contributed by atoms with van der Waals surface area (Å²) in [7, 11) is -3.52. The molecule has 0 amide bonds. The van der Waals surface area contributed by atoms with Crippen LogP contribution in [0, 0.1) is 6.92 Å². The van der Waals surface area contributed by atoms with Gasteiger partial charge in [0, 0.05) is 23.2 Å². The van der Waals surface area contributed by atoms with E-state index in [1.807, 2.05) is 0 Å². The van der Waals surface area contributed by atoms with Crippen LogP contribution in [0.1, 0.15) is 18.4 Å². The molecule has 20 heavy (non-hydrogen) atoms. The van der Waals surface area contributed by atoms with Crippen LogP contribution in [0.15, 0.2) is 21.5 Å². The Balaban J connectivity index is 2.00. The second-order valence-corrected chi connectivity index (χ2v) is 8.22. The minimum absolute atomic E-state index is 0.0355. The Kier molecular flexibility index (Phi) is 3.56. The van der Waals surface area contributed by atoms with Gasteiger partial charge in [0.25, 0.3) is 0 Å². The van der Waals surface area contributed by atoms with Gasteiger partial charge in [-0.15, -0.1) is 0 Å². The van der Waals surface area contributed by atoms with Gasteiger partial charge in [0.05, 0.1) is 17.1 Å². The number of hydrogen-bond donors (Lipinski definition) is 1. The van der Waals surface area contributed by atoms with E-state index in [0.29, 0.717) is 28.8 Å². The Labute approximate surface area is 127 Å². The highest BCUT2D eigenvalue weighted by Crippen LogP contribution is 2.33. The summed E-state index contributed by atoms with van der Waals surface area (Å²) >= 11 is 3.31. The zero-order valence-electron chi connectivity index (χ0n) is 11.2. The highest BCUT2D eigenvalue weighted by Gasteiger charge is 2.39. The topological polar surface area (TPSA) is 72.6 Å². The van der Waals surface area contributed by atoms with Crippen LogP contribution >= 0.6 is 15.9 Å². The third kappa shape index (κ3) is 2.36. The third-order valence-corrected chi connectivity index (χ3v) is 6.41. The van der Waals surface area contributed by atoms with Crippen molar-refractivity contribution in [2.75, 3.05) is 18.8 Å². The lowest BCUT2D eigenvalue weighted by Crippen LogP contribution is -2.45. The van der Waals surface area contributed by atoms with E-state index in [1.54, 1.807) is 19.1 Å². The number of rotatable bonds is 2. The van der Waals surface area contributed by atoms with Crippen LogP contribution in [0.25, 0.3) is 0 Å². The number of ether oxygens (including phenoxy) is 1. The van der Waals surface area contributed by atoms with Gasteiger partial charge in [-0.2, -0.15) is 4.31 Å². The second-order valence-electron chi connectivity index (χ2n) is 5.40. The van der Waals surface area contributed by atoms with Crippen molar-refractivity contribution in [3.63, 3.8) is 0 Å². The fourth-order valence-electron chi connectivity index (χ4n) is 2.85. The minimum Gasteiger partial charge on any atom is -0.398 e. The standard InChI is InChI=1S/C13H17BrN2O3S/c1-8-12(15)4-9(14)5-13(8)20(17,18)16-6-10-2-3-11(7-16)19-10/h4-5,10-11H,2-3,6-7,15H2,1H3.